The largest absolute Gasteiger partial charge is 0.322 e. The van der Waals surface area contributed by atoms with Gasteiger partial charge in [-0.25, -0.2) is 4.98 Å². The maximum atomic E-state index is 11.4. The molecule has 0 fully saturated rings. The van der Waals surface area contributed by atoms with E-state index in [0.717, 1.165) is 5.69 Å². The van der Waals surface area contributed by atoms with E-state index in [1.165, 1.54) is 0 Å². The average molecular weight is 270 g/mol. The van der Waals surface area contributed by atoms with Crippen molar-refractivity contribution in [2.75, 3.05) is 5.32 Å². The second-order valence-corrected chi connectivity index (χ2v) is 4.37. The number of hydrogen-bond acceptors (Lipinski definition) is 2. The van der Waals surface area contributed by atoms with Crippen LogP contribution in [0.1, 0.15) is 0 Å². The molecule has 1 heterocycles. The van der Waals surface area contributed by atoms with Gasteiger partial charge in [-0.3, -0.25) is 4.79 Å². The topological polar surface area (TPSA) is 46.9 Å². The number of imidazole rings is 1. The first-order valence-electron chi connectivity index (χ1n) is 4.85. The molecule has 0 bridgehead atoms. The number of halogens is 2. The molecule has 2 rings (SSSR count). The lowest BCUT2D eigenvalue weighted by Gasteiger charge is -2.11. The Morgan fingerprint density at radius 1 is 1.35 bits per heavy atom. The molecule has 0 aliphatic heterocycles. The number of hydrogen-bond donors (Lipinski definition) is 1. The van der Waals surface area contributed by atoms with Crippen LogP contribution >= 0.6 is 23.2 Å². The average Bonchev–Trinajstić information content (AvgIpc) is 2.83. The Kier molecular flexibility index (Phi) is 3.66. The molecule has 0 spiro atoms. The Labute approximate surface area is 108 Å². The highest BCUT2D eigenvalue weighted by atomic mass is 35.5. The van der Waals surface area contributed by atoms with Gasteiger partial charge in [-0.1, -0.05) is 35.3 Å². The Morgan fingerprint density at radius 3 is 2.76 bits per heavy atom. The number of rotatable bonds is 3. The summed E-state index contributed by atoms with van der Waals surface area (Å²) in [5.41, 5.74) is 1.43. The van der Waals surface area contributed by atoms with Gasteiger partial charge in [-0.05, 0) is 12.1 Å². The van der Waals surface area contributed by atoms with Gasteiger partial charge >= 0.3 is 0 Å². The third-order valence-corrected chi connectivity index (χ3v) is 2.54. The van der Waals surface area contributed by atoms with Gasteiger partial charge in [-0.15, -0.1) is 0 Å². The second-order valence-electron chi connectivity index (χ2n) is 3.28. The number of anilines is 1. The van der Waals surface area contributed by atoms with Crippen molar-refractivity contribution < 1.29 is 4.79 Å². The first kappa shape index (κ1) is 12.0. The van der Waals surface area contributed by atoms with Crippen molar-refractivity contribution in [1.29, 1.82) is 0 Å². The fraction of sp³-hybridized carbons (Fsp3) is 0.0909. The lowest BCUT2D eigenvalue weighted by molar-refractivity contribution is -0.114. The van der Waals surface area contributed by atoms with Crippen LogP contribution in [-0.2, 0) is 4.79 Å². The summed E-state index contributed by atoms with van der Waals surface area (Å²) in [6, 6.07) is 7.30. The molecule has 0 saturated heterocycles. The van der Waals surface area contributed by atoms with Crippen molar-refractivity contribution in [2.24, 2.45) is 0 Å². The van der Waals surface area contributed by atoms with Gasteiger partial charge in [0, 0.05) is 12.4 Å². The van der Waals surface area contributed by atoms with Gasteiger partial charge in [0.1, 0.15) is 0 Å². The number of carbonyl (C=O) groups excluding carboxylic acids is 1. The van der Waals surface area contributed by atoms with Crippen molar-refractivity contribution in [1.82, 2.24) is 9.55 Å². The molecule has 0 atom stereocenters. The van der Waals surface area contributed by atoms with Gasteiger partial charge in [-0.2, -0.15) is 0 Å². The van der Waals surface area contributed by atoms with Crippen molar-refractivity contribution in [3.63, 3.8) is 0 Å². The number of aromatic nitrogens is 2. The minimum atomic E-state index is -1.09. The summed E-state index contributed by atoms with van der Waals surface area (Å²) in [6.45, 7) is 0. The lowest BCUT2D eigenvalue weighted by atomic mass is 10.2. The van der Waals surface area contributed by atoms with E-state index in [4.69, 9.17) is 23.2 Å². The third kappa shape index (κ3) is 2.78. The zero-order valence-electron chi connectivity index (χ0n) is 8.68. The van der Waals surface area contributed by atoms with Gasteiger partial charge < -0.3 is 9.88 Å². The summed E-state index contributed by atoms with van der Waals surface area (Å²) in [5.74, 6) is -0.458. The fourth-order valence-corrected chi connectivity index (χ4v) is 1.50. The summed E-state index contributed by atoms with van der Waals surface area (Å²) >= 11 is 11.0. The van der Waals surface area contributed by atoms with Crippen LogP contribution in [0.4, 0.5) is 5.69 Å². The number of amides is 1. The molecule has 0 aliphatic rings. The molecule has 1 aromatic carbocycles. The third-order valence-electron chi connectivity index (χ3n) is 2.14. The predicted molar refractivity (Wildman–Crippen MR) is 67.7 cm³/mol. The highest BCUT2D eigenvalue weighted by molar-refractivity contribution is 6.54. The molecule has 1 N–H and O–H groups in total. The lowest BCUT2D eigenvalue weighted by Crippen LogP contribution is -2.19. The summed E-state index contributed by atoms with van der Waals surface area (Å²) in [6.07, 6.45) is 5.08. The van der Waals surface area contributed by atoms with E-state index in [0.29, 0.717) is 5.69 Å². The maximum Gasteiger partial charge on any atom is 0.257 e. The van der Waals surface area contributed by atoms with Crippen molar-refractivity contribution >= 4 is 34.8 Å². The Balaban J connectivity index is 2.32. The summed E-state index contributed by atoms with van der Waals surface area (Å²) in [5, 5.41) is 2.65. The van der Waals surface area contributed by atoms with Crippen molar-refractivity contribution in [2.45, 2.75) is 4.84 Å². The zero-order chi connectivity index (χ0) is 12.3. The molecule has 6 heteroatoms. The smallest absolute Gasteiger partial charge is 0.257 e. The molecule has 1 amide bonds. The molecule has 0 aliphatic carbocycles. The molecular formula is C11H9Cl2N3O. The van der Waals surface area contributed by atoms with Crippen LogP contribution in [0.3, 0.4) is 0 Å². The van der Waals surface area contributed by atoms with E-state index >= 15 is 0 Å². The monoisotopic (exact) mass is 269 g/mol. The number of nitrogens with zero attached hydrogens (tertiary/aromatic N) is 2. The van der Waals surface area contributed by atoms with Crippen LogP contribution in [-0.4, -0.2) is 20.3 Å². The summed E-state index contributed by atoms with van der Waals surface area (Å²) < 4.78 is 1.78. The van der Waals surface area contributed by atoms with E-state index in [2.05, 4.69) is 10.3 Å². The van der Waals surface area contributed by atoms with E-state index in [1.54, 1.807) is 29.4 Å². The van der Waals surface area contributed by atoms with Crippen LogP contribution in [0.15, 0.2) is 43.0 Å². The predicted octanol–water partition coefficient (Wildman–Crippen LogP) is 2.61. The highest BCUT2D eigenvalue weighted by Crippen LogP contribution is 2.20. The van der Waals surface area contributed by atoms with Crippen LogP contribution in [0.2, 0.25) is 0 Å². The molecule has 0 unspecified atom stereocenters. The normalized spacial score (nSPS) is 10.5. The first-order chi connectivity index (χ1) is 8.18. The minimum absolute atomic E-state index is 0.458. The summed E-state index contributed by atoms with van der Waals surface area (Å²) in [4.78, 5) is 14.3. The Hall–Kier alpha value is -1.52. The zero-order valence-corrected chi connectivity index (χ0v) is 10.2. The Bertz CT molecular complexity index is 511. The Morgan fingerprint density at radius 2 is 2.12 bits per heavy atom. The van der Waals surface area contributed by atoms with Crippen LogP contribution in [0.25, 0.3) is 5.69 Å². The standard InChI is InChI=1S/C11H9Cl2N3O/c12-10(13)11(17)15-8-3-1-2-4-9(8)16-6-5-14-7-16/h1-7,10H,(H,15,17). The van der Waals surface area contributed by atoms with Crippen LogP contribution in [0, 0.1) is 0 Å². The van der Waals surface area contributed by atoms with Crippen molar-refractivity contribution in [3.05, 3.63) is 43.0 Å². The number of benzene rings is 1. The number of para-hydroxylation sites is 2. The maximum absolute atomic E-state index is 11.4. The fourth-order valence-electron chi connectivity index (χ4n) is 1.39. The molecule has 1 aromatic heterocycles. The van der Waals surface area contributed by atoms with Crippen LogP contribution in [0.5, 0.6) is 0 Å². The van der Waals surface area contributed by atoms with E-state index < -0.39 is 10.7 Å². The van der Waals surface area contributed by atoms with Crippen LogP contribution < -0.4 is 5.32 Å². The second kappa shape index (κ2) is 5.21. The first-order valence-corrected chi connectivity index (χ1v) is 5.72. The molecular weight excluding hydrogens is 261 g/mol. The quantitative estimate of drug-likeness (QED) is 0.871. The molecule has 2 aromatic rings. The summed E-state index contributed by atoms with van der Waals surface area (Å²) in [7, 11) is 0. The molecule has 4 nitrogen and oxygen atoms in total. The van der Waals surface area contributed by atoms with Gasteiger partial charge in [0.2, 0.25) is 0 Å². The van der Waals surface area contributed by atoms with E-state index in [1.807, 2.05) is 18.2 Å². The molecule has 88 valence electrons. The number of carbonyl (C=O) groups is 1. The SMILES string of the molecule is O=C(Nc1ccccc1-n1ccnc1)C(Cl)Cl. The highest BCUT2D eigenvalue weighted by Gasteiger charge is 2.13. The number of alkyl halides is 2. The molecule has 0 radical (unpaired) electrons. The van der Waals surface area contributed by atoms with Gasteiger partial charge in [0.15, 0.2) is 4.84 Å². The van der Waals surface area contributed by atoms with Crippen molar-refractivity contribution in [3.8, 4) is 5.69 Å². The van der Waals surface area contributed by atoms with E-state index in [9.17, 15) is 4.79 Å². The number of nitrogens with one attached hydrogen (secondary N) is 1. The van der Waals surface area contributed by atoms with E-state index in [-0.39, 0.29) is 0 Å². The molecule has 0 saturated carbocycles. The molecule has 17 heavy (non-hydrogen) atoms. The minimum Gasteiger partial charge on any atom is -0.322 e. The van der Waals surface area contributed by atoms with Gasteiger partial charge in [0.25, 0.3) is 5.91 Å². The van der Waals surface area contributed by atoms with Gasteiger partial charge in [0.05, 0.1) is 17.7 Å².